The van der Waals surface area contributed by atoms with Crippen LogP contribution in [-0.4, -0.2) is 32.9 Å². The van der Waals surface area contributed by atoms with Crippen LogP contribution in [0.15, 0.2) is 23.1 Å². The van der Waals surface area contributed by atoms with Crippen LogP contribution >= 0.6 is 0 Å². The summed E-state index contributed by atoms with van der Waals surface area (Å²) in [6.07, 6.45) is 1.81. The summed E-state index contributed by atoms with van der Waals surface area (Å²) in [7, 11) is -1.94. The van der Waals surface area contributed by atoms with Crippen LogP contribution in [0.5, 0.6) is 0 Å². The molecule has 1 heterocycles. The molecule has 6 heteroatoms. The zero-order chi connectivity index (χ0) is 14.8. The number of hydrogen-bond acceptors (Lipinski definition) is 3. The molecule has 1 fully saturated rings. The van der Waals surface area contributed by atoms with Crippen LogP contribution in [0.25, 0.3) is 0 Å². The van der Waals surface area contributed by atoms with E-state index in [1.54, 1.807) is 13.1 Å². The molecule has 0 aliphatic carbocycles. The van der Waals surface area contributed by atoms with E-state index in [4.69, 9.17) is 0 Å². The number of benzene rings is 1. The number of sulfonamides is 1. The second kappa shape index (κ2) is 6.20. The van der Waals surface area contributed by atoms with Crippen molar-refractivity contribution >= 4 is 10.0 Å². The zero-order valence-electron chi connectivity index (χ0n) is 11.9. The third-order valence-electron chi connectivity index (χ3n) is 3.82. The van der Waals surface area contributed by atoms with Gasteiger partial charge in [-0.3, -0.25) is 0 Å². The molecule has 2 rings (SSSR count). The topological polar surface area (TPSA) is 49.4 Å². The highest BCUT2D eigenvalue weighted by atomic mass is 32.2. The monoisotopic (exact) mass is 300 g/mol. The first-order chi connectivity index (χ1) is 9.48. The van der Waals surface area contributed by atoms with E-state index >= 15 is 0 Å². The third-order valence-corrected chi connectivity index (χ3v) is 5.72. The Bertz CT molecular complexity index is 575. The lowest BCUT2D eigenvalue weighted by Gasteiger charge is -2.17. The lowest BCUT2D eigenvalue weighted by Crippen LogP contribution is -2.29. The minimum Gasteiger partial charge on any atom is -0.316 e. The molecule has 1 aromatic rings. The van der Waals surface area contributed by atoms with Gasteiger partial charge in [0.15, 0.2) is 0 Å². The smallest absolute Gasteiger partial charge is 0.245 e. The summed E-state index contributed by atoms with van der Waals surface area (Å²) in [5, 5.41) is 2.91. The molecule has 0 saturated carbocycles. The highest BCUT2D eigenvalue weighted by Crippen LogP contribution is 2.27. The Morgan fingerprint density at radius 1 is 1.45 bits per heavy atom. The van der Waals surface area contributed by atoms with Crippen LogP contribution in [0.2, 0.25) is 0 Å². The van der Waals surface area contributed by atoms with Gasteiger partial charge in [0, 0.05) is 19.6 Å². The van der Waals surface area contributed by atoms with Gasteiger partial charge in [0.2, 0.25) is 10.0 Å². The highest BCUT2D eigenvalue weighted by Gasteiger charge is 2.33. The average Bonchev–Trinajstić information content (AvgIpc) is 2.88. The van der Waals surface area contributed by atoms with Gasteiger partial charge in [-0.1, -0.05) is 19.4 Å². The van der Waals surface area contributed by atoms with Crippen molar-refractivity contribution in [2.24, 2.45) is 5.92 Å². The summed E-state index contributed by atoms with van der Waals surface area (Å²) in [5.41, 5.74) is 0.733. The van der Waals surface area contributed by atoms with Crippen molar-refractivity contribution < 1.29 is 12.8 Å². The van der Waals surface area contributed by atoms with Crippen molar-refractivity contribution in [3.63, 3.8) is 0 Å². The molecule has 1 N–H and O–H groups in total. The predicted molar refractivity (Wildman–Crippen MR) is 76.3 cm³/mol. The SMILES string of the molecule is CCC1CCN(S(=O)(=O)c2ccc(CNC)cc2F)C1. The third kappa shape index (κ3) is 3.02. The second-order valence-electron chi connectivity index (χ2n) is 5.22. The normalized spacial score (nSPS) is 20.4. The molecule has 0 bridgehead atoms. The minimum atomic E-state index is -3.71. The van der Waals surface area contributed by atoms with E-state index in [1.807, 2.05) is 6.92 Å². The van der Waals surface area contributed by atoms with E-state index in [2.05, 4.69) is 5.32 Å². The van der Waals surface area contributed by atoms with Crippen molar-refractivity contribution in [1.82, 2.24) is 9.62 Å². The summed E-state index contributed by atoms with van der Waals surface area (Å²) in [6.45, 7) is 3.54. The molecule has 112 valence electrons. The molecular weight excluding hydrogens is 279 g/mol. The molecule has 0 radical (unpaired) electrons. The Hall–Kier alpha value is -0.980. The van der Waals surface area contributed by atoms with Crippen LogP contribution < -0.4 is 5.32 Å². The van der Waals surface area contributed by atoms with Crippen molar-refractivity contribution in [2.75, 3.05) is 20.1 Å². The first kappa shape index (κ1) is 15.4. The van der Waals surface area contributed by atoms with Gasteiger partial charge in [-0.2, -0.15) is 4.31 Å². The molecule has 1 aliphatic rings. The second-order valence-corrected chi connectivity index (χ2v) is 7.13. The first-order valence-electron chi connectivity index (χ1n) is 6.92. The fraction of sp³-hybridized carbons (Fsp3) is 0.571. The van der Waals surface area contributed by atoms with E-state index in [1.165, 1.54) is 16.4 Å². The first-order valence-corrected chi connectivity index (χ1v) is 8.36. The Kier molecular flexibility index (Phi) is 4.78. The molecule has 4 nitrogen and oxygen atoms in total. The van der Waals surface area contributed by atoms with Crippen LogP contribution in [0.4, 0.5) is 4.39 Å². The molecule has 1 atom stereocenters. The van der Waals surface area contributed by atoms with Gasteiger partial charge in [-0.05, 0) is 37.1 Å². The maximum absolute atomic E-state index is 14.1. The van der Waals surface area contributed by atoms with Crippen molar-refractivity contribution in [2.45, 2.75) is 31.2 Å². The van der Waals surface area contributed by atoms with Crippen molar-refractivity contribution in [1.29, 1.82) is 0 Å². The molecule has 1 aliphatic heterocycles. The van der Waals surface area contributed by atoms with Gasteiger partial charge in [0.05, 0.1) is 0 Å². The van der Waals surface area contributed by atoms with E-state index in [-0.39, 0.29) is 4.90 Å². The molecule has 1 unspecified atom stereocenters. The molecule has 1 aromatic carbocycles. The van der Waals surface area contributed by atoms with Gasteiger partial charge in [0.1, 0.15) is 10.7 Å². The molecule has 1 saturated heterocycles. The number of nitrogens with one attached hydrogen (secondary N) is 1. The molecule has 20 heavy (non-hydrogen) atoms. The maximum Gasteiger partial charge on any atom is 0.245 e. The van der Waals surface area contributed by atoms with Gasteiger partial charge in [0.25, 0.3) is 0 Å². The van der Waals surface area contributed by atoms with Crippen LogP contribution in [0.1, 0.15) is 25.3 Å². The fourth-order valence-electron chi connectivity index (χ4n) is 2.56. The van der Waals surface area contributed by atoms with Crippen molar-refractivity contribution in [3.8, 4) is 0 Å². The largest absolute Gasteiger partial charge is 0.316 e. The van der Waals surface area contributed by atoms with Crippen LogP contribution in [-0.2, 0) is 16.6 Å². The number of halogens is 1. The van der Waals surface area contributed by atoms with Gasteiger partial charge in [-0.25, -0.2) is 12.8 Å². The number of hydrogen-bond donors (Lipinski definition) is 1. The summed E-state index contributed by atoms with van der Waals surface area (Å²) < 4.78 is 40.4. The molecule has 0 aromatic heterocycles. The Labute approximate surface area is 120 Å². The molecule has 0 spiro atoms. The van der Waals surface area contributed by atoms with Crippen LogP contribution in [0.3, 0.4) is 0 Å². The summed E-state index contributed by atoms with van der Waals surface area (Å²) in [5.74, 6) is -0.283. The standard InChI is InChI=1S/C14H21FN2O2S/c1-3-11-6-7-17(10-11)20(18,19)14-5-4-12(9-16-2)8-13(14)15/h4-5,8,11,16H,3,6-7,9-10H2,1-2H3. The Balaban J connectivity index is 2.26. The summed E-state index contributed by atoms with van der Waals surface area (Å²) >= 11 is 0. The quantitative estimate of drug-likeness (QED) is 0.904. The summed E-state index contributed by atoms with van der Waals surface area (Å²) in [4.78, 5) is -0.214. The minimum absolute atomic E-state index is 0.214. The average molecular weight is 300 g/mol. The highest BCUT2D eigenvalue weighted by molar-refractivity contribution is 7.89. The van der Waals surface area contributed by atoms with Gasteiger partial charge < -0.3 is 5.32 Å². The van der Waals surface area contributed by atoms with E-state index in [9.17, 15) is 12.8 Å². The zero-order valence-corrected chi connectivity index (χ0v) is 12.7. The maximum atomic E-state index is 14.1. The Morgan fingerprint density at radius 2 is 2.20 bits per heavy atom. The Morgan fingerprint density at radius 3 is 2.75 bits per heavy atom. The lowest BCUT2D eigenvalue weighted by atomic mass is 10.1. The summed E-state index contributed by atoms with van der Waals surface area (Å²) in [6, 6.07) is 4.31. The van der Waals surface area contributed by atoms with Gasteiger partial charge in [-0.15, -0.1) is 0 Å². The number of nitrogens with zero attached hydrogens (tertiary/aromatic N) is 1. The molecule has 0 amide bonds. The van der Waals surface area contributed by atoms with Gasteiger partial charge >= 0.3 is 0 Å². The predicted octanol–water partition coefficient (Wildman–Crippen LogP) is 1.97. The molecular formula is C14H21FN2O2S. The van der Waals surface area contributed by atoms with Crippen LogP contribution in [0, 0.1) is 11.7 Å². The van der Waals surface area contributed by atoms with Crippen molar-refractivity contribution in [3.05, 3.63) is 29.6 Å². The lowest BCUT2D eigenvalue weighted by molar-refractivity contribution is 0.447. The number of rotatable bonds is 5. The fourth-order valence-corrected chi connectivity index (χ4v) is 4.13. The van der Waals surface area contributed by atoms with E-state index < -0.39 is 15.8 Å². The van der Waals surface area contributed by atoms with E-state index in [0.29, 0.717) is 25.6 Å². The van der Waals surface area contributed by atoms with E-state index in [0.717, 1.165) is 18.4 Å².